The topological polar surface area (TPSA) is 34.1 Å². The van der Waals surface area contributed by atoms with Crippen molar-refractivity contribution in [1.29, 1.82) is 0 Å². The highest BCUT2D eigenvalue weighted by molar-refractivity contribution is 5.80. The molecule has 0 radical (unpaired) electrons. The molecule has 0 aromatic heterocycles. The maximum Gasteiger partial charge on any atom is 0.133 e. The molecule has 4 rings (SSSR count). The van der Waals surface area contributed by atoms with Crippen LogP contribution in [0, 0.1) is 35.5 Å². The maximum atomic E-state index is 11.9. The number of ketones is 2. The van der Waals surface area contributed by atoms with Gasteiger partial charge in [0.15, 0.2) is 0 Å². The number of hydrogen-bond donors (Lipinski definition) is 0. The van der Waals surface area contributed by atoms with Crippen molar-refractivity contribution in [2.24, 2.45) is 35.5 Å². The van der Waals surface area contributed by atoms with Crippen LogP contribution in [0.1, 0.15) is 46.0 Å². The van der Waals surface area contributed by atoms with Crippen molar-refractivity contribution in [2.75, 3.05) is 0 Å². The first-order valence-corrected chi connectivity index (χ1v) is 7.06. The Morgan fingerprint density at radius 1 is 1.00 bits per heavy atom. The monoisotopic (exact) mass is 234 g/mol. The second kappa shape index (κ2) is 3.93. The number of rotatable bonds is 3. The van der Waals surface area contributed by atoms with E-state index in [1.807, 2.05) is 0 Å². The lowest BCUT2D eigenvalue weighted by Gasteiger charge is -2.57. The molecule has 0 saturated heterocycles. The van der Waals surface area contributed by atoms with Crippen LogP contribution in [0.25, 0.3) is 0 Å². The zero-order valence-electron chi connectivity index (χ0n) is 10.8. The SMILES string of the molecule is CC(=O)CC1C2CC3CC(C2)C(C(C)=O)C1C3. The van der Waals surface area contributed by atoms with E-state index in [2.05, 4.69) is 0 Å². The van der Waals surface area contributed by atoms with Crippen LogP contribution in [0.2, 0.25) is 0 Å². The molecule has 17 heavy (non-hydrogen) atoms. The van der Waals surface area contributed by atoms with Crippen LogP contribution in [0.5, 0.6) is 0 Å². The van der Waals surface area contributed by atoms with Gasteiger partial charge < -0.3 is 4.79 Å². The predicted octanol–water partition coefficient (Wildman–Crippen LogP) is 2.85. The predicted molar refractivity (Wildman–Crippen MR) is 65.4 cm³/mol. The molecule has 6 unspecified atom stereocenters. The third-order valence-electron chi connectivity index (χ3n) is 5.60. The summed E-state index contributed by atoms with van der Waals surface area (Å²) in [5.41, 5.74) is 0. The molecule has 4 fully saturated rings. The van der Waals surface area contributed by atoms with Gasteiger partial charge in [-0.15, -0.1) is 0 Å². The summed E-state index contributed by atoms with van der Waals surface area (Å²) < 4.78 is 0. The quantitative estimate of drug-likeness (QED) is 0.752. The first-order chi connectivity index (χ1) is 8.06. The Balaban J connectivity index is 1.87. The van der Waals surface area contributed by atoms with E-state index in [1.54, 1.807) is 13.8 Å². The van der Waals surface area contributed by atoms with E-state index in [0.717, 1.165) is 18.3 Å². The third kappa shape index (κ3) is 1.76. The molecule has 4 aliphatic carbocycles. The minimum atomic E-state index is 0.284. The zero-order valence-corrected chi connectivity index (χ0v) is 10.8. The van der Waals surface area contributed by atoms with Crippen LogP contribution in [0.15, 0.2) is 0 Å². The largest absolute Gasteiger partial charge is 0.300 e. The van der Waals surface area contributed by atoms with Crippen LogP contribution in [-0.2, 0) is 9.59 Å². The standard InChI is InChI=1S/C15H22O2/c1-8(16)3-13-11-4-10-5-12(7-11)15(9(2)17)14(13)6-10/h10-15H,3-7H2,1-2H3. The summed E-state index contributed by atoms with van der Waals surface area (Å²) in [7, 11) is 0. The number of hydrogen-bond acceptors (Lipinski definition) is 2. The first-order valence-electron chi connectivity index (χ1n) is 7.06. The molecule has 4 bridgehead atoms. The maximum absolute atomic E-state index is 11.9. The molecule has 0 aromatic rings. The summed E-state index contributed by atoms with van der Waals surface area (Å²) >= 11 is 0. The van der Waals surface area contributed by atoms with E-state index in [0.29, 0.717) is 29.3 Å². The Kier molecular flexibility index (Phi) is 2.64. The lowest BCUT2D eigenvalue weighted by atomic mass is 9.46. The normalized spacial score (nSPS) is 47.2. The second-order valence-electron chi connectivity index (χ2n) is 6.70. The van der Waals surface area contributed by atoms with Gasteiger partial charge in [0, 0.05) is 12.3 Å². The van der Waals surface area contributed by atoms with Crippen molar-refractivity contribution >= 4 is 11.6 Å². The fourth-order valence-electron chi connectivity index (χ4n) is 5.32. The minimum absolute atomic E-state index is 0.284. The van der Waals surface area contributed by atoms with Gasteiger partial charge in [-0.2, -0.15) is 0 Å². The van der Waals surface area contributed by atoms with E-state index in [1.165, 1.54) is 25.7 Å². The van der Waals surface area contributed by atoms with Crippen molar-refractivity contribution in [3.8, 4) is 0 Å². The van der Waals surface area contributed by atoms with Gasteiger partial charge in [0.05, 0.1) is 0 Å². The van der Waals surface area contributed by atoms with Gasteiger partial charge in [-0.3, -0.25) is 4.79 Å². The van der Waals surface area contributed by atoms with Gasteiger partial charge in [0.1, 0.15) is 11.6 Å². The summed E-state index contributed by atoms with van der Waals surface area (Å²) in [4.78, 5) is 23.3. The molecule has 94 valence electrons. The van der Waals surface area contributed by atoms with Crippen LogP contribution in [0.4, 0.5) is 0 Å². The van der Waals surface area contributed by atoms with E-state index in [9.17, 15) is 9.59 Å². The second-order valence-corrected chi connectivity index (χ2v) is 6.70. The zero-order chi connectivity index (χ0) is 12.2. The molecule has 0 aromatic carbocycles. The highest BCUT2D eigenvalue weighted by atomic mass is 16.1. The van der Waals surface area contributed by atoms with Crippen molar-refractivity contribution in [2.45, 2.75) is 46.0 Å². The van der Waals surface area contributed by atoms with Crippen LogP contribution >= 0.6 is 0 Å². The summed E-state index contributed by atoms with van der Waals surface area (Å²) in [6.45, 7) is 3.46. The highest BCUT2D eigenvalue weighted by Gasteiger charge is 2.54. The van der Waals surface area contributed by atoms with Gasteiger partial charge >= 0.3 is 0 Å². The fraction of sp³-hybridized carbons (Fsp3) is 0.867. The first kappa shape index (κ1) is 11.4. The van der Waals surface area contributed by atoms with Gasteiger partial charge in [0.25, 0.3) is 0 Å². The van der Waals surface area contributed by atoms with E-state index in [-0.39, 0.29) is 5.92 Å². The number of Topliss-reactive ketones (excluding diaryl/α,β-unsaturated/α-hetero) is 2. The molecule has 0 N–H and O–H groups in total. The molecular formula is C15H22O2. The smallest absolute Gasteiger partial charge is 0.133 e. The molecule has 2 heteroatoms. The molecule has 0 spiro atoms. The molecule has 4 aliphatic rings. The summed E-state index contributed by atoms with van der Waals surface area (Å²) in [6, 6.07) is 0. The molecule has 2 nitrogen and oxygen atoms in total. The highest BCUT2D eigenvalue weighted by Crippen LogP contribution is 2.60. The Morgan fingerprint density at radius 3 is 2.35 bits per heavy atom. The van der Waals surface area contributed by atoms with Gasteiger partial charge in [-0.1, -0.05) is 0 Å². The van der Waals surface area contributed by atoms with Crippen molar-refractivity contribution < 1.29 is 9.59 Å². The number of carbonyl (C=O) groups is 2. The lowest BCUT2D eigenvalue weighted by molar-refractivity contribution is -0.144. The lowest BCUT2D eigenvalue weighted by Crippen LogP contribution is -2.53. The molecule has 6 atom stereocenters. The van der Waals surface area contributed by atoms with Crippen LogP contribution in [-0.4, -0.2) is 11.6 Å². The molecular weight excluding hydrogens is 212 g/mol. The Labute approximate surface area is 103 Å². The summed E-state index contributed by atoms with van der Waals surface area (Å²) in [6.07, 6.45) is 5.77. The average Bonchev–Trinajstić information content (AvgIpc) is 2.21. The minimum Gasteiger partial charge on any atom is -0.300 e. The molecule has 0 amide bonds. The van der Waals surface area contributed by atoms with Crippen molar-refractivity contribution in [3.05, 3.63) is 0 Å². The average molecular weight is 234 g/mol. The summed E-state index contributed by atoms with van der Waals surface area (Å²) in [5.74, 6) is 4.30. The molecule has 4 saturated carbocycles. The van der Waals surface area contributed by atoms with Gasteiger partial charge in [-0.25, -0.2) is 0 Å². The Bertz CT molecular complexity index is 360. The van der Waals surface area contributed by atoms with Crippen LogP contribution < -0.4 is 0 Å². The molecule has 0 heterocycles. The van der Waals surface area contributed by atoms with Crippen LogP contribution in [0.3, 0.4) is 0 Å². The van der Waals surface area contributed by atoms with E-state index < -0.39 is 0 Å². The van der Waals surface area contributed by atoms with E-state index in [4.69, 9.17) is 0 Å². The number of carbonyl (C=O) groups excluding carboxylic acids is 2. The fourth-order valence-corrected chi connectivity index (χ4v) is 5.32. The third-order valence-corrected chi connectivity index (χ3v) is 5.60. The van der Waals surface area contributed by atoms with Gasteiger partial charge in [-0.05, 0) is 69.1 Å². The molecule has 0 aliphatic heterocycles. The summed E-state index contributed by atoms with van der Waals surface area (Å²) in [5, 5.41) is 0. The van der Waals surface area contributed by atoms with Crippen molar-refractivity contribution in [1.82, 2.24) is 0 Å². The van der Waals surface area contributed by atoms with Crippen molar-refractivity contribution in [3.63, 3.8) is 0 Å². The Morgan fingerprint density at radius 2 is 1.71 bits per heavy atom. The van der Waals surface area contributed by atoms with E-state index >= 15 is 0 Å². The van der Waals surface area contributed by atoms with Gasteiger partial charge in [0.2, 0.25) is 0 Å². The Hall–Kier alpha value is -0.660.